The van der Waals surface area contributed by atoms with Crippen molar-refractivity contribution in [2.45, 2.75) is 31.5 Å². The monoisotopic (exact) mass is 309 g/mol. The molecule has 1 aromatic carbocycles. The van der Waals surface area contributed by atoms with Crippen molar-refractivity contribution in [3.05, 3.63) is 28.8 Å². The first-order valence-corrected chi connectivity index (χ1v) is 7.69. The van der Waals surface area contributed by atoms with Crippen molar-refractivity contribution in [3.63, 3.8) is 0 Å². The number of carbonyl (C=O) groups is 1. The number of morpholine rings is 1. The van der Waals surface area contributed by atoms with Gasteiger partial charge in [-0.15, -0.1) is 0 Å². The largest absolute Gasteiger partial charge is 0.377 e. The summed E-state index contributed by atoms with van der Waals surface area (Å²) in [5.41, 5.74) is 7.51. The third kappa shape index (κ3) is 3.31. The first-order chi connectivity index (χ1) is 10.2. The number of nitrogens with two attached hydrogens (primary N) is 1. The van der Waals surface area contributed by atoms with Crippen LogP contribution >= 0.6 is 11.6 Å². The molecule has 1 aliphatic heterocycles. The van der Waals surface area contributed by atoms with Gasteiger partial charge in [0.25, 0.3) is 0 Å². The van der Waals surface area contributed by atoms with Gasteiger partial charge >= 0.3 is 0 Å². The van der Waals surface area contributed by atoms with Crippen LogP contribution in [-0.2, 0) is 16.1 Å². The molecule has 1 saturated heterocycles. The lowest BCUT2D eigenvalue weighted by atomic mass is 10.1. The van der Waals surface area contributed by atoms with E-state index in [4.69, 9.17) is 22.1 Å². The van der Waals surface area contributed by atoms with Crippen LogP contribution in [-0.4, -0.2) is 37.7 Å². The summed E-state index contributed by atoms with van der Waals surface area (Å²) in [6, 6.07) is 5.96. The maximum atomic E-state index is 11.7. The summed E-state index contributed by atoms with van der Waals surface area (Å²) < 4.78 is 5.38. The highest BCUT2D eigenvalue weighted by atomic mass is 35.5. The fraction of sp³-hybridized carbons (Fsp3) is 0.533. The van der Waals surface area contributed by atoms with Crippen molar-refractivity contribution in [2.75, 3.05) is 24.7 Å². The minimum Gasteiger partial charge on any atom is -0.377 e. The van der Waals surface area contributed by atoms with E-state index in [-0.39, 0.29) is 5.91 Å². The van der Waals surface area contributed by atoms with E-state index in [2.05, 4.69) is 5.32 Å². The molecule has 1 saturated carbocycles. The van der Waals surface area contributed by atoms with E-state index in [0.717, 1.165) is 16.3 Å². The number of rotatable bonds is 5. The summed E-state index contributed by atoms with van der Waals surface area (Å²) in [7, 11) is 0. The van der Waals surface area contributed by atoms with Crippen molar-refractivity contribution < 1.29 is 9.53 Å². The summed E-state index contributed by atoms with van der Waals surface area (Å²) in [5.74, 6) is -0.365. The zero-order valence-electron chi connectivity index (χ0n) is 11.8. The van der Waals surface area contributed by atoms with Gasteiger partial charge < -0.3 is 20.7 Å². The number of benzene rings is 1. The maximum Gasteiger partial charge on any atom is 0.242 e. The molecule has 6 heteroatoms. The Morgan fingerprint density at radius 3 is 3.00 bits per heavy atom. The molecule has 1 amide bonds. The lowest BCUT2D eigenvalue weighted by molar-refractivity contribution is -0.121. The molecule has 114 valence electrons. The van der Waals surface area contributed by atoms with Gasteiger partial charge in [-0.25, -0.2) is 0 Å². The number of nitrogens with one attached hydrogen (secondary N) is 1. The number of primary amides is 1. The molecule has 1 atom stereocenters. The van der Waals surface area contributed by atoms with Crippen molar-refractivity contribution in [1.82, 2.24) is 5.32 Å². The van der Waals surface area contributed by atoms with Crippen molar-refractivity contribution in [2.24, 2.45) is 5.73 Å². The molecule has 1 heterocycles. The lowest BCUT2D eigenvalue weighted by Crippen LogP contribution is -2.53. The predicted octanol–water partition coefficient (Wildman–Crippen LogP) is 1.28. The van der Waals surface area contributed by atoms with Crippen molar-refractivity contribution in [3.8, 4) is 0 Å². The number of ether oxygens (including phenoxy) is 1. The summed E-state index contributed by atoms with van der Waals surface area (Å²) in [5, 5.41) is 4.20. The molecule has 1 aromatic rings. The second kappa shape index (κ2) is 6.22. The van der Waals surface area contributed by atoms with Gasteiger partial charge in [-0.1, -0.05) is 17.7 Å². The zero-order chi connectivity index (χ0) is 14.8. The van der Waals surface area contributed by atoms with E-state index in [1.807, 2.05) is 23.1 Å². The Morgan fingerprint density at radius 2 is 2.29 bits per heavy atom. The summed E-state index contributed by atoms with van der Waals surface area (Å²) in [4.78, 5) is 13.7. The Hall–Kier alpha value is -1.30. The molecule has 0 aromatic heterocycles. The summed E-state index contributed by atoms with van der Waals surface area (Å²) in [6.45, 7) is 2.27. The van der Waals surface area contributed by atoms with Gasteiger partial charge in [0.05, 0.1) is 13.2 Å². The van der Waals surface area contributed by atoms with Crippen LogP contribution < -0.4 is 16.0 Å². The Kier molecular flexibility index (Phi) is 4.33. The fourth-order valence-corrected chi connectivity index (χ4v) is 2.89. The number of anilines is 1. The van der Waals surface area contributed by atoms with Crippen molar-refractivity contribution >= 4 is 23.2 Å². The van der Waals surface area contributed by atoms with Gasteiger partial charge in [-0.2, -0.15) is 0 Å². The van der Waals surface area contributed by atoms with Gasteiger partial charge in [0.2, 0.25) is 5.91 Å². The van der Waals surface area contributed by atoms with Crippen LogP contribution in [0.4, 0.5) is 5.69 Å². The molecule has 3 rings (SSSR count). The lowest BCUT2D eigenvalue weighted by Gasteiger charge is -2.36. The van der Waals surface area contributed by atoms with Gasteiger partial charge in [-0.05, 0) is 25.0 Å². The molecular formula is C15H20ClN3O2. The molecule has 0 bridgehead atoms. The highest BCUT2D eigenvalue weighted by Gasteiger charge is 2.30. The average molecular weight is 310 g/mol. The molecule has 2 fully saturated rings. The molecule has 2 aliphatic rings. The number of hydrogen-bond acceptors (Lipinski definition) is 4. The van der Waals surface area contributed by atoms with E-state index in [9.17, 15) is 4.79 Å². The highest BCUT2D eigenvalue weighted by molar-refractivity contribution is 6.31. The maximum absolute atomic E-state index is 11.7. The Balaban J connectivity index is 1.87. The Labute approximate surface area is 129 Å². The molecule has 1 unspecified atom stereocenters. The normalized spacial score (nSPS) is 22.3. The van der Waals surface area contributed by atoms with E-state index in [0.29, 0.717) is 32.3 Å². The van der Waals surface area contributed by atoms with Crippen LogP contribution in [0.1, 0.15) is 18.4 Å². The molecule has 5 nitrogen and oxygen atoms in total. The quantitative estimate of drug-likeness (QED) is 0.860. The van der Waals surface area contributed by atoms with Crippen LogP contribution in [0.15, 0.2) is 18.2 Å². The fourth-order valence-electron chi connectivity index (χ4n) is 2.65. The van der Waals surface area contributed by atoms with Crippen LogP contribution in [0.2, 0.25) is 5.02 Å². The van der Waals surface area contributed by atoms with Gasteiger partial charge in [-0.3, -0.25) is 4.79 Å². The van der Waals surface area contributed by atoms with Gasteiger partial charge in [0, 0.05) is 35.4 Å². The first-order valence-electron chi connectivity index (χ1n) is 7.31. The van der Waals surface area contributed by atoms with E-state index < -0.39 is 6.04 Å². The minimum atomic E-state index is -0.433. The number of halogens is 1. The topological polar surface area (TPSA) is 67.6 Å². The summed E-state index contributed by atoms with van der Waals surface area (Å²) >= 11 is 6.37. The van der Waals surface area contributed by atoms with E-state index in [1.54, 1.807) is 0 Å². The molecule has 1 aliphatic carbocycles. The SMILES string of the molecule is NC(=O)C1COCCN1c1cccc(Cl)c1CNC1CC1. The van der Waals surface area contributed by atoms with Crippen molar-refractivity contribution in [1.29, 1.82) is 0 Å². The second-order valence-corrected chi connectivity index (χ2v) is 5.99. The van der Waals surface area contributed by atoms with E-state index >= 15 is 0 Å². The van der Waals surface area contributed by atoms with Crippen LogP contribution in [0, 0.1) is 0 Å². The average Bonchev–Trinajstić information content (AvgIpc) is 3.30. The van der Waals surface area contributed by atoms with Gasteiger partial charge in [0.1, 0.15) is 6.04 Å². The number of nitrogens with zero attached hydrogens (tertiary/aromatic N) is 1. The van der Waals surface area contributed by atoms with E-state index in [1.165, 1.54) is 12.8 Å². The zero-order valence-corrected chi connectivity index (χ0v) is 12.6. The van der Waals surface area contributed by atoms with Crippen LogP contribution in [0.25, 0.3) is 0 Å². The molecule has 3 N–H and O–H groups in total. The molecule has 0 radical (unpaired) electrons. The van der Waals surface area contributed by atoms with Crippen LogP contribution in [0.5, 0.6) is 0 Å². The Bertz CT molecular complexity index is 534. The number of carbonyl (C=O) groups excluding carboxylic acids is 1. The first kappa shape index (κ1) is 14.6. The smallest absolute Gasteiger partial charge is 0.242 e. The number of hydrogen-bond donors (Lipinski definition) is 2. The second-order valence-electron chi connectivity index (χ2n) is 5.58. The number of amides is 1. The molecular weight excluding hydrogens is 290 g/mol. The molecule has 21 heavy (non-hydrogen) atoms. The molecule has 0 spiro atoms. The summed E-state index contributed by atoms with van der Waals surface area (Å²) in [6.07, 6.45) is 2.45. The standard InChI is InChI=1S/C15H20ClN3O2/c16-12-2-1-3-13(11(12)8-18-10-4-5-10)19-6-7-21-9-14(19)15(17)20/h1-3,10,14,18H,4-9H2,(H2,17,20). The van der Waals surface area contributed by atoms with Crippen LogP contribution in [0.3, 0.4) is 0 Å². The van der Waals surface area contributed by atoms with Gasteiger partial charge in [0.15, 0.2) is 0 Å². The highest BCUT2D eigenvalue weighted by Crippen LogP contribution is 2.31. The third-order valence-corrected chi connectivity index (χ3v) is 4.36. The third-order valence-electron chi connectivity index (χ3n) is 4.01. The predicted molar refractivity (Wildman–Crippen MR) is 82.5 cm³/mol. The minimum absolute atomic E-state index is 0.331. The Morgan fingerprint density at radius 1 is 1.48 bits per heavy atom.